The van der Waals surface area contributed by atoms with E-state index in [1.807, 2.05) is 85.3 Å². The van der Waals surface area contributed by atoms with Gasteiger partial charge in [0.15, 0.2) is 0 Å². The van der Waals surface area contributed by atoms with Crippen LogP contribution in [0.4, 0.5) is 0 Å². The van der Waals surface area contributed by atoms with Crippen molar-refractivity contribution in [2.45, 2.75) is 12.7 Å². The minimum atomic E-state index is -0.401. The maximum atomic E-state index is 7.99. The lowest BCUT2D eigenvalue weighted by atomic mass is 10.0. The van der Waals surface area contributed by atoms with Gasteiger partial charge in [-0.15, -0.1) is 0 Å². The number of fused-ring (bicyclic) bond motifs is 2. The van der Waals surface area contributed by atoms with Crippen LogP contribution in [0.5, 0.6) is 0 Å². The first-order valence-electron chi connectivity index (χ1n) is 13.9. The van der Waals surface area contributed by atoms with Crippen molar-refractivity contribution in [2.24, 2.45) is 10.8 Å². The van der Waals surface area contributed by atoms with E-state index in [9.17, 15) is 0 Å². The summed E-state index contributed by atoms with van der Waals surface area (Å²) >= 11 is 0. The largest absolute Gasteiger partial charge is 0.300 e. The van der Waals surface area contributed by atoms with Gasteiger partial charge in [-0.2, -0.15) is 0 Å². The van der Waals surface area contributed by atoms with E-state index in [2.05, 4.69) is 65.6 Å². The van der Waals surface area contributed by atoms with Gasteiger partial charge >= 0.3 is 0 Å². The molecule has 204 valence electrons. The molecule has 6 rings (SSSR count). The molecule has 4 aromatic carbocycles. The van der Waals surface area contributed by atoms with Gasteiger partial charge in [0.25, 0.3) is 0 Å². The number of allylic oxidation sites excluding steroid dienone is 7. The highest BCUT2D eigenvalue weighted by atomic mass is 15.5. The van der Waals surface area contributed by atoms with Gasteiger partial charge in [-0.05, 0) is 68.1 Å². The number of aromatic nitrogens is 1. The SMILES string of the molecule is N=C1C=CC=C/C1=C/C=C/c1ccc(CN(N)C(N=Cc2ccc3ccccc3c2)c2ccc3ccccc3c2)nc1. The third-order valence-corrected chi connectivity index (χ3v) is 7.24. The van der Waals surface area contributed by atoms with Crippen molar-refractivity contribution in [1.82, 2.24) is 9.99 Å². The molecular formula is C37H31N5. The summed E-state index contributed by atoms with van der Waals surface area (Å²) in [4.78, 5) is 9.65. The summed E-state index contributed by atoms with van der Waals surface area (Å²) in [6.45, 7) is 0.425. The summed E-state index contributed by atoms with van der Waals surface area (Å²) in [5, 5.41) is 14.4. The third-order valence-electron chi connectivity index (χ3n) is 7.24. The van der Waals surface area contributed by atoms with Crippen LogP contribution in [0.25, 0.3) is 27.6 Å². The van der Waals surface area contributed by atoms with Crippen LogP contribution in [0, 0.1) is 5.41 Å². The first-order valence-corrected chi connectivity index (χ1v) is 13.9. The van der Waals surface area contributed by atoms with Crippen LogP contribution in [0.1, 0.15) is 28.6 Å². The monoisotopic (exact) mass is 545 g/mol. The number of hydrogen-bond donors (Lipinski definition) is 2. The maximum Gasteiger partial charge on any atom is 0.140 e. The van der Waals surface area contributed by atoms with Crippen molar-refractivity contribution < 1.29 is 0 Å². The average molecular weight is 546 g/mol. The van der Waals surface area contributed by atoms with Crippen molar-refractivity contribution in [1.29, 1.82) is 5.41 Å². The molecule has 3 N–H and O–H groups in total. The van der Waals surface area contributed by atoms with Gasteiger partial charge in [0.1, 0.15) is 6.17 Å². The summed E-state index contributed by atoms with van der Waals surface area (Å²) in [6.07, 6.45) is 16.7. The molecule has 5 heteroatoms. The Morgan fingerprint density at radius 1 is 0.786 bits per heavy atom. The molecule has 5 nitrogen and oxygen atoms in total. The summed E-state index contributed by atoms with van der Waals surface area (Å²) in [5.74, 6) is 6.72. The van der Waals surface area contributed by atoms with Crippen molar-refractivity contribution >= 4 is 39.5 Å². The summed E-state index contributed by atoms with van der Waals surface area (Å²) < 4.78 is 0. The Bertz CT molecular complexity index is 1890. The van der Waals surface area contributed by atoms with Gasteiger partial charge in [-0.25, -0.2) is 5.01 Å². The smallest absolute Gasteiger partial charge is 0.140 e. The summed E-state index contributed by atoms with van der Waals surface area (Å²) in [7, 11) is 0. The van der Waals surface area contributed by atoms with Crippen LogP contribution in [0.15, 0.2) is 150 Å². The Kier molecular flexibility index (Phi) is 8.04. The number of pyridine rings is 1. The molecule has 0 bridgehead atoms. The highest BCUT2D eigenvalue weighted by molar-refractivity contribution is 6.09. The highest BCUT2D eigenvalue weighted by Crippen LogP contribution is 2.26. The second-order valence-electron chi connectivity index (χ2n) is 10.2. The number of nitrogens with one attached hydrogen (secondary N) is 1. The molecule has 0 radical (unpaired) electrons. The van der Waals surface area contributed by atoms with Gasteiger partial charge in [-0.3, -0.25) is 15.8 Å². The lowest BCUT2D eigenvalue weighted by molar-refractivity contribution is 0.197. The molecule has 0 saturated heterocycles. The number of hydrazine groups is 1. The number of benzene rings is 4. The van der Waals surface area contributed by atoms with Gasteiger partial charge in [-0.1, -0.05) is 115 Å². The Hall–Kier alpha value is -5.23. The van der Waals surface area contributed by atoms with Gasteiger partial charge in [0.05, 0.1) is 18.0 Å². The standard InChI is InChI=1S/C37H31N5/c38-36-15-6-5-11-31(36)14-7-8-27-17-21-35(40-24-27)26-42(39)37(34-20-19-30-10-2-4-13-33(30)23-34)41-25-28-16-18-29-9-1-3-12-32(29)22-28/h1-25,37-38H,26,39H2/b8-7+,31-14-,38-36?,41-25?. The zero-order valence-electron chi connectivity index (χ0n) is 23.1. The maximum absolute atomic E-state index is 7.99. The molecule has 1 aliphatic rings. The summed E-state index contributed by atoms with van der Waals surface area (Å²) in [6, 6.07) is 33.3. The molecule has 1 unspecified atom stereocenters. The predicted molar refractivity (Wildman–Crippen MR) is 175 cm³/mol. The van der Waals surface area contributed by atoms with Gasteiger partial charge in [0.2, 0.25) is 0 Å². The van der Waals surface area contributed by atoms with Crippen molar-refractivity contribution in [3.8, 4) is 0 Å². The van der Waals surface area contributed by atoms with E-state index in [1.165, 1.54) is 16.2 Å². The summed E-state index contributed by atoms with van der Waals surface area (Å²) in [5.41, 5.74) is 5.23. The van der Waals surface area contributed by atoms with E-state index in [0.29, 0.717) is 12.3 Å². The molecule has 1 aromatic heterocycles. The fourth-order valence-electron chi connectivity index (χ4n) is 4.98. The number of aliphatic imine (C=N–C) groups is 1. The number of rotatable bonds is 8. The fraction of sp³-hybridized carbons (Fsp3) is 0.0541. The van der Waals surface area contributed by atoms with Crippen molar-refractivity contribution in [3.63, 3.8) is 0 Å². The predicted octanol–water partition coefficient (Wildman–Crippen LogP) is 7.97. The number of hydrogen-bond acceptors (Lipinski definition) is 5. The third kappa shape index (κ3) is 6.39. The molecule has 0 spiro atoms. The lowest BCUT2D eigenvalue weighted by Crippen LogP contribution is -2.34. The van der Waals surface area contributed by atoms with E-state index in [1.54, 1.807) is 11.1 Å². The second-order valence-corrected chi connectivity index (χ2v) is 10.2. The minimum Gasteiger partial charge on any atom is -0.300 e. The molecular weight excluding hydrogens is 514 g/mol. The zero-order valence-corrected chi connectivity index (χ0v) is 23.1. The van der Waals surface area contributed by atoms with Crippen LogP contribution in [0.2, 0.25) is 0 Å². The van der Waals surface area contributed by atoms with Crippen molar-refractivity contribution in [3.05, 3.63) is 168 Å². The van der Waals surface area contributed by atoms with Gasteiger partial charge in [0, 0.05) is 12.4 Å². The second kappa shape index (κ2) is 12.5. The molecule has 0 amide bonds. The number of nitrogens with two attached hydrogens (primary N) is 1. The van der Waals surface area contributed by atoms with Crippen LogP contribution in [-0.4, -0.2) is 21.9 Å². The van der Waals surface area contributed by atoms with E-state index in [0.717, 1.165) is 33.3 Å². The molecule has 1 aliphatic carbocycles. The minimum absolute atomic E-state index is 0.401. The fourth-order valence-corrected chi connectivity index (χ4v) is 4.98. The molecule has 1 heterocycles. The average Bonchev–Trinajstić information content (AvgIpc) is 3.03. The first-order chi connectivity index (χ1) is 20.6. The molecule has 1 atom stereocenters. The first kappa shape index (κ1) is 27.0. The normalized spacial score (nSPS) is 15.2. The molecule has 0 aliphatic heterocycles. The Balaban J connectivity index is 1.23. The Morgan fingerprint density at radius 3 is 2.21 bits per heavy atom. The molecule has 0 saturated carbocycles. The molecule has 42 heavy (non-hydrogen) atoms. The Labute approximate surface area is 245 Å². The molecule has 5 aromatic rings. The van der Waals surface area contributed by atoms with Crippen LogP contribution in [0.3, 0.4) is 0 Å². The van der Waals surface area contributed by atoms with Crippen LogP contribution in [-0.2, 0) is 6.54 Å². The van der Waals surface area contributed by atoms with E-state index in [-0.39, 0.29) is 0 Å². The van der Waals surface area contributed by atoms with E-state index < -0.39 is 6.17 Å². The lowest BCUT2D eigenvalue weighted by Gasteiger charge is -2.25. The van der Waals surface area contributed by atoms with Crippen LogP contribution < -0.4 is 5.84 Å². The van der Waals surface area contributed by atoms with Gasteiger partial charge < -0.3 is 5.41 Å². The zero-order chi connectivity index (χ0) is 28.7. The number of nitrogens with zero attached hydrogens (tertiary/aromatic N) is 3. The quantitative estimate of drug-likeness (QED) is 0.118. The highest BCUT2D eigenvalue weighted by Gasteiger charge is 2.18. The van der Waals surface area contributed by atoms with E-state index in [4.69, 9.17) is 16.2 Å². The molecule has 0 fully saturated rings. The Morgan fingerprint density at radius 2 is 1.48 bits per heavy atom. The topological polar surface area (TPSA) is 78.4 Å². The van der Waals surface area contributed by atoms with Crippen molar-refractivity contribution in [2.75, 3.05) is 0 Å². The van der Waals surface area contributed by atoms with E-state index >= 15 is 0 Å². The van der Waals surface area contributed by atoms with Crippen LogP contribution >= 0.6 is 0 Å².